The number of carbonyl (C=O) groups is 3. The van der Waals surface area contributed by atoms with Crippen molar-refractivity contribution in [1.29, 1.82) is 0 Å². The Kier molecular flexibility index (Phi) is 22.1. The zero-order valence-electron chi connectivity index (χ0n) is 53.4. The minimum atomic E-state index is -1.88. The minimum Gasteiger partial charge on any atom is -0.458 e. The van der Waals surface area contributed by atoms with Gasteiger partial charge in [0.05, 0.1) is 55.4 Å². The highest BCUT2D eigenvalue weighted by atomic mass is 16.8. The maximum Gasteiger partial charge on any atom is 0.306 e. The van der Waals surface area contributed by atoms with Crippen LogP contribution in [0.1, 0.15) is 133 Å². The van der Waals surface area contributed by atoms with Gasteiger partial charge in [-0.25, -0.2) is 0 Å². The molecule has 8 fully saturated rings. The molecular formula is C62H100O26. The van der Waals surface area contributed by atoms with Gasteiger partial charge in [0.15, 0.2) is 31.5 Å². The fourth-order valence-corrected chi connectivity index (χ4v) is 16.6. The van der Waals surface area contributed by atoms with Crippen LogP contribution < -0.4 is 0 Å². The summed E-state index contributed by atoms with van der Waals surface area (Å²) in [6.07, 6.45) is -19.0. The molecular weight excluding hydrogens is 1160 g/mol. The lowest BCUT2D eigenvalue weighted by Crippen LogP contribution is -2.80. The van der Waals surface area contributed by atoms with Gasteiger partial charge in [-0.05, 0) is 84.5 Å². The molecule has 31 atom stereocenters. The van der Waals surface area contributed by atoms with Gasteiger partial charge in [0.25, 0.3) is 0 Å². The van der Waals surface area contributed by atoms with Crippen molar-refractivity contribution in [2.24, 2.45) is 28.6 Å². The molecule has 31 unspecified atom stereocenters. The Labute approximate surface area is 515 Å². The molecule has 0 spiro atoms. The third-order valence-electron chi connectivity index (χ3n) is 21.2. The number of ketones is 1. The zero-order chi connectivity index (χ0) is 64.3. The molecule has 5 saturated heterocycles. The molecule has 0 aromatic rings. The number of fused-ring (bicyclic) bond motifs is 5. The van der Waals surface area contributed by atoms with E-state index in [1.165, 1.54) is 28.1 Å². The largest absolute Gasteiger partial charge is 0.458 e. The van der Waals surface area contributed by atoms with E-state index < -0.39 is 200 Å². The molecule has 0 radical (unpaired) electrons. The lowest BCUT2D eigenvalue weighted by Gasteiger charge is -2.68. The number of methoxy groups -OCH3 is 4. The van der Waals surface area contributed by atoms with Gasteiger partial charge in [0.2, 0.25) is 0 Å². The van der Waals surface area contributed by atoms with Crippen LogP contribution >= 0.6 is 0 Å². The van der Waals surface area contributed by atoms with Crippen molar-refractivity contribution in [1.82, 2.24) is 0 Å². The Balaban J connectivity index is 0.798. The lowest BCUT2D eigenvalue weighted by molar-refractivity contribution is -0.374. The van der Waals surface area contributed by atoms with Crippen LogP contribution in [0.5, 0.6) is 0 Å². The van der Waals surface area contributed by atoms with Gasteiger partial charge >= 0.3 is 11.9 Å². The summed E-state index contributed by atoms with van der Waals surface area (Å²) in [5.41, 5.74) is -5.12. The van der Waals surface area contributed by atoms with Gasteiger partial charge < -0.3 is 112 Å². The Hall–Kier alpha value is -2.49. The first-order valence-corrected chi connectivity index (χ1v) is 31.5. The van der Waals surface area contributed by atoms with Crippen molar-refractivity contribution in [3.05, 3.63) is 11.6 Å². The second kappa shape index (κ2) is 27.8. The first-order valence-electron chi connectivity index (χ1n) is 31.5. The van der Waals surface area contributed by atoms with Crippen molar-refractivity contribution in [3.8, 4) is 0 Å². The molecule has 0 aromatic heterocycles. The predicted octanol–water partition coefficient (Wildman–Crippen LogP) is 1.79. The van der Waals surface area contributed by atoms with Gasteiger partial charge in [-0.2, -0.15) is 0 Å². The van der Waals surface area contributed by atoms with Crippen molar-refractivity contribution < 1.29 is 126 Å². The number of ether oxygens (including phenoxy) is 16. The molecule has 5 heterocycles. The minimum absolute atomic E-state index is 0.0111. The van der Waals surface area contributed by atoms with E-state index in [9.17, 15) is 50.1 Å². The molecule has 3 saturated carbocycles. The van der Waals surface area contributed by atoms with Crippen molar-refractivity contribution in [2.45, 2.75) is 298 Å². The molecule has 0 bridgehead atoms. The molecule has 88 heavy (non-hydrogen) atoms. The average Bonchev–Trinajstić information content (AvgIpc) is 1.24. The summed E-state index contributed by atoms with van der Waals surface area (Å²) in [5, 5.41) is 78.8. The van der Waals surface area contributed by atoms with E-state index in [2.05, 4.69) is 0 Å². The number of rotatable bonds is 20. The molecule has 504 valence electrons. The van der Waals surface area contributed by atoms with Crippen LogP contribution in [0.2, 0.25) is 0 Å². The Morgan fingerprint density at radius 2 is 1.14 bits per heavy atom. The number of Topliss-reactive ketones (excluding diaryl/α,β-unsaturated/α-hetero) is 1. The van der Waals surface area contributed by atoms with Crippen molar-refractivity contribution in [2.75, 3.05) is 35.0 Å². The van der Waals surface area contributed by atoms with Crippen LogP contribution in [0.3, 0.4) is 0 Å². The molecule has 0 amide bonds. The van der Waals surface area contributed by atoms with Crippen molar-refractivity contribution >= 4 is 17.7 Å². The van der Waals surface area contributed by atoms with Crippen LogP contribution in [0.15, 0.2) is 11.6 Å². The highest BCUT2D eigenvalue weighted by molar-refractivity contribution is 5.80. The first-order chi connectivity index (χ1) is 41.5. The van der Waals surface area contributed by atoms with E-state index >= 15 is 0 Å². The van der Waals surface area contributed by atoms with Crippen LogP contribution in [-0.4, -0.2) is 253 Å². The Bertz CT molecular complexity index is 2420. The molecule has 0 aromatic carbocycles. The number of carbonyl (C=O) groups excluding carboxylic acids is 3. The number of aliphatic hydroxyl groups excluding tert-OH is 5. The van der Waals surface area contributed by atoms with Crippen LogP contribution in [0, 0.1) is 28.6 Å². The summed E-state index contributed by atoms with van der Waals surface area (Å²) in [7, 11) is 6.08. The molecule has 9 rings (SSSR count). The van der Waals surface area contributed by atoms with E-state index in [-0.39, 0.29) is 56.3 Å². The van der Waals surface area contributed by atoms with E-state index in [0.717, 1.165) is 5.57 Å². The monoisotopic (exact) mass is 1260 g/mol. The molecule has 9 aliphatic rings. The molecule has 5 aliphatic heterocycles. The van der Waals surface area contributed by atoms with Gasteiger partial charge in [-0.1, -0.05) is 39.3 Å². The van der Waals surface area contributed by atoms with Crippen LogP contribution in [0.25, 0.3) is 0 Å². The zero-order valence-corrected chi connectivity index (χ0v) is 53.4. The Morgan fingerprint density at radius 1 is 0.614 bits per heavy atom. The predicted molar refractivity (Wildman–Crippen MR) is 303 cm³/mol. The van der Waals surface area contributed by atoms with Crippen LogP contribution in [0.4, 0.5) is 0 Å². The maximum absolute atomic E-state index is 13.7. The summed E-state index contributed by atoms with van der Waals surface area (Å²) < 4.78 is 99.9. The summed E-state index contributed by atoms with van der Waals surface area (Å²) in [5.74, 6) is -3.13. The number of hydrogen-bond acceptors (Lipinski definition) is 26. The molecule has 26 nitrogen and oxygen atoms in total. The molecule has 4 aliphatic carbocycles. The number of hydrogen-bond donors (Lipinski definition) is 7. The van der Waals surface area contributed by atoms with Gasteiger partial charge in [0.1, 0.15) is 90.2 Å². The summed E-state index contributed by atoms with van der Waals surface area (Å²) in [4.78, 5) is 40.2. The normalized spacial score (nSPS) is 49.7. The Morgan fingerprint density at radius 3 is 1.65 bits per heavy atom. The summed E-state index contributed by atoms with van der Waals surface area (Å²) >= 11 is 0. The average molecular weight is 1260 g/mol. The van der Waals surface area contributed by atoms with E-state index in [1.54, 1.807) is 35.0 Å². The number of esters is 2. The smallest absolute Gasteiger partial charge is 0.306 e. The van der Waals surface area contributed by atoms with Crippen molar-refractivity contribution in [3.63, 3.8) is 0 Å². The fourth-order valence-electron chi connectivity index (χ4n) is 16.6. The van der Waals surface area contributed by atoms with E-state index in [1.807, 2.05) is 40.7 Å². The van der Waals surface area contributed by atoms with Crippen LogP contribution in [-0.2, 0) is 90.2 Å². The third kappa shape index (κ3) is 13.0. The van der Waals surface area contributed by atoms with Gasteiger partial charge in [-0.15, -0.1) is 0 Å². The van der Waals surface area contributed by atoms with E-state index in [0.29, 0.717) is 25.7 Å². The summed E-state index contributed by atoms with van der Waals surface area (Å²) in [6, 6.07) is 0. The maximum atomic E-state index is 13.7. The number of aliphatic hydroxyl groups is 7. The SMILES string of the molecule is COC1CC(OC2CCC3(C)C(=CCC4(O)C3C(OC(C)=O)C(OC(=O)CC(C)C)C3(C)C(C(C)=O)CCC43O)C2)OC(C)C1OC1CC(OC)C(OC2CC(OC)C(OC3OC(C)C(OC4OC(CO)C(O)C(O)C4O)C(OC)C3O)C(C)O2)C(C)O1. The topological polar surface area (TPSA) is 340 Å². The molecule has 26 heteroatoms. The highest BCUT2D eigenvalue weighted by Crippen LogP contribution is 2.70. The molecule has 7 N–H and O–H groups in total. The highest BCUT2D eigenvalue weighted by Gasteiger charge is 2.81. The lowest BCUT2D eigenvalue weighted by atomic mass is 9.42. The first kappa shape index (κ1) is 69.8. The third-order valence-corrected chi connectivity index (χ3v) is 21.2. The van der Waals surface area contributed by atoms with E-state index in [4.69, 9.17) is 75.8 Å². The second-order valence-corrected chi connectivity index (χ2v) is 27.0. The van der Waals surface area contributed by atoms with Gasteiger partial charge in [-0.3, -0.25) is 14.4 Å². The standard InChI is InChI=1S/C62H100O26/c1-27(2)21-41(66)84-56-54(81-33(8)65)55-59(9)18-16-35(22-34(59)15-19-61(55,71)62(72)20-17-36(28(3)64)60(56,62)10)82-42-23-37(73-11)49(29(4)77-42)85-43-24-38(74-12)50(30(5)78-43)86-44-25-39(75-13)51(31(6)79-44)87-58-48(70)53(76-14)52(32(7)80-58)88-57-47(69)46(68)45(67)40(26-63)83-57/h15,27,29-32,35-40,42-58,63,67-72H,16-26H2,1-14H3. The van der Waals surface area contributed by atoms with Gasteiger partial charge in [0, 0.05) is 78.3 Å². The quantitative estimate of drug-likeness (QED) is 0.0675. The second-order valence-electron chi connectivity index (χ2n) is 27.0. The fraction of sp³-hybridized carbons (Fsp3) is 0.919. The summed E-state index contributed by atoms with van der Waals surface area (Å²) in [6.45, 7) is 16.7.